The Morgan fingerprint density at radius 2 is 2.09 bits per heavy atom. The molecule has 1 aromatic heterocycles. The van der Waals surface area contributed by atoms with Crippen LogP contribution in [0.25, 0.3) is 0 Å². The highest BCUT2D eigenvalue weighted by Gasteiger charge is 2.34. The molecule has 0 bridgehead atoms. The molecule has 1 unspecified atom stereocenters. The zero-order valence-corrected chi connectivity index (χ0v) is 14.9. The van der Waals surface area contributed by atoms with Gasteiger partial charge in [-0.3, -0.25) is 9.59 Å². The highest BCUT2D eigenvalue weighted by atomic mass is 79.9. The van der Waals surface area contributed by atoms with Gasteiger partial charge < -0.3 is 10.2 Å². The van der Waals surface area contributed by atoms with Crippen molar-refractivity contribution < 1.29 is 9.59 Å². The van der Waals surface area contributed by atoms with Gasteiger partial charge in [0, 0.05) is 34.5 Å². The number of carbonyl (C=O) groups is 2. The van der Waals surface area contributed by atoms with Gasteiger partial charge in [0.25, 0.3) is 0 Å². The van der Waals surface area contributed by atoms with E-state index in [-0.39, 0.29) is 24.2 Å². The molecule has 0 radical (unpaired) electrons. The molecule has 1 aliphatic rings. The maximum absolute atomic E-state index is 12.3. The second-order valence-electron chi connectivity index (χ2n) is 5.50. The lowest BCUT2D eigenvalue weighted by molar-refractivity contribution is -0.126. The third-order valence-electron chi connectivity index (χ3n) is 3.88. The number of halogens is 1. The largest absolute Gasteiger partial charge is 0.355 e. The van der Waals surface area contributed by atoms with Crippen molar-refractivity contribution in [2.24, 2.45) is 5.92 Å². The number of benzene rings is 1. The molecule has 0 saturated carbocycles. The molecule has 6 heteroatoms. The van der Waals surface area contributed by atoms with Crippen LogP contribution in [-0.2, 0) is 16.0 Å². The number of thiophene rings is 1. The van der Waals surface area contributed by atoms with Crippen molar-refractivity contribution in [1.82, 2.24) is 5.32 Å². The number of anilines is 1. The molecule has 2 amide bonds. The number of nitrogens with zero attached hydrogens (tertiary/aromatic N) is 1. The molecule has 1 fully saturated rings. The Balaban J connectivity index is 1.54. The fourth-order valence-electron chi connectivity index (χ4n) is 2.66. The molecule has 120 valence electrons. The molecule has 0 spiro atoms. The van der Waals surface area contributed by atoms with Gasteiger partial charge in [0.2, 0.25) is 11.8 Å². The van der Waals surface area contributed by atoms with Crippen molar-refractivity contribution in [3.8, 4) is 0 Å². The van der Waals surface area contributed by atoms with E-state index in [1.54, 1.807) is 16.2 Å². The minimum atomic E-state index is -0.269. The maximum atomic E-state index is 12.3. The molecule has 1 atom stereocenters. The predicted molar refractivity (Wildman–Crippen MR) is 95.6 cm³/mol. The zero-order chi connectivity index (χ0) is 16.2. The van der Waals surface area contributed by atoms with E-state index in [4.69, 9.17) is 0 Å². The fraction of sp³-hybridized carbons (Fsp3) is 0.294. The molecule has 2 aromatic rings. The molecule has 3 rings (SSSR count). The smallest absolute Gasteiger partial charge is 0.227 e. The van der Waals surface area contributed by atoms with Crippen LogP contribution in [0, 0.1) is 5.92 Å². The van der Waals surface area contributed by atoms with Gasteiger partial charge >= 0.3 is 0 Å². The van der Waals surface area contributed by atoms with Gasteiger partial charge in [-0.1, -0.05) is 22.0 Å². The monoisotopic (exact) mass is 392 g/mol. The van der Waals surface area contributed by atoms with Crippen LogP contribution in [0.5, 0.6) is 0 Å². The van der Waals surface area contributed by atoms with E-state index >= 15 is 0 Å². The Bertz CT molecular complexity index is 685. The van der Waals surface area contributed by atoms with E-state index < -0.39 is 0 Å². The van der Waals surface area contributed by atoms with Crippen LogP contribution in [0.2, 0.25) is 0 Å². The van der Waals surface area contributed by atoms with Gasteiger partial charge in [-0.15, -0.1) is 11.3 Å². The molecule has 1 saturated heterocycles. The molecule has 23 heavy (non-hydrogen) atoms. The summed E-state index contributed by atoms with van der Waals surface area (Å²) in [5.74, 6) is -0.297. The lowest BCUT2D eigenvalue weighted by Crippen LogP contribution is -2.34. The molecular weight excluding hydrogens is 376 g/mol. The summed E-state index contributed by atoms with van der Waals surface area (Å²) in [6.07, 6.45) is 1.11. The van der Waals surface area contributed by atoms with Crippen molar-refractivity contribution >= 4 is 44.8 Å². The molecule has 1 aromatic carbocycles. The van der Waals surface area contributed by atoms with Crippen LogP contribution < -0.4 is 10.2 Å². The van der Waals surface area contributed by atoms with Gasteiger partial charge in [0.05, 0.1) is 5.92 Å². The zero-order valence-electron chi connectivity index (χ0n) is 12.5. The van der Waals surface area contributed by atoms with E-state index in [0.717, 1.165) is 16.6 Å². The van der Waals surface area contributed by atoms with Crippen molar-refractivity contribution in [1.29, 1.82) is 0 Å². The lowest BCUT2D eigenvalue weighted by atomic mass is 10.1. The summed E-state index contributed by atoms with van der Waals surface area (Å²) in [6, 6.07) is 11.6. The van der Waals surface area contributed by atoms with Crippen molar-refractivity contribution in [2.45, 2.75) is 12.8 Å². The van der Waals surface area contributed by atoms with Gasteiger partial charge in [-0.05, 0) is 42.1 Å². The number of nitrogens with one attached hydrogen (secondary N) is 1. The van der Waals surface area contributed by atoms with E-state index in [1.807, 2.05) is 35.7 Å². The van der Waals surface area contributed by atoms with Gasteiger partial charge in [0.1, 0.15) is 0 Å². The number of hydrogen-bond acceptors (Lipinski definition) is 3. The Hall–Kier alpha value is -1.66. The van der Waals surface area contributed by atoms with Crippen LogP contribution in [-0.4, -0.2) is 24.9 Å². The first-order chi connectivity index (χ1) is 11.1. The average molecular weight is 393 g/mol. The number of rotatable bonds is 5. The normalized spacial score (nSPS) is 17.5. The first-order valence-electron chi connectivity index (χ1n) is 7.49. The first kappa shape index (κ1) is 16.2. The van der Waals surface area contributed by atoms with E-state index in [0.29, 0.717) is 13.1 Å². The summed E-state index contributed by atoms with van der Waals surface area (Å²) < 4.78 is 0.968. The summed E-state index contributed by atoms with van der Waals surface area (Å²) in [5.41, 5.74) is 0.840. The minimum absolute atomic E-state index is 0.00530. The number of hydrogen-bond donors (Lipinski definition) is 1. The molecule has 0 aliphatic carbocycles. The number of amides is 2. The highest BCUT2D eigenvalue weighted by molar-refractivity contribution is 9.10. The van der Waals surface area contributed by atoms with Gasteiger partial charge in [-0.2, -0.15) is 0 Å². The topological polar surface area (TPSA) is 49.4 Å². The van der Waals surface area contributed by atoms with E-state index in [2.05, 4.69) is 27.3 Å². The Kier molecular flexibility index (Phi) is 5.13. The minimum Gasteiger partial charge on any atom is -0.355 e. The predicted octanol–water partition coefficient (Wildman–Crippen LogP) is 3.22. The van der Waals surface area contributed by atoms with Gasteiger partial charge in [0.15, 0.2) is 0 Å². The summed E-state index contributed by atoms with van der Waals surface area (Å²) in [6.45, 7) is 1.06. The van der Waals surface area contributed by atoms with Crippen LogP contribution in [0.1, 0.15) is 11.3 Å². The highest BCUT2D eigenvalue weighted by Crippen LogP contribution is 2.26. The van der Waals surface area contributed by atoms with Crippen molar-refractivity contribution in [3.05, 3.63) is 51.1 Å². The van der Waals surface area contributed by atoms with E-state index in [9.17, 15) is 9.59 Å². The summed E-state index contributed by atoms with van der Waals surface area (Å²) in [4.78, 5) is 27.4. The summed E-state index contributed by atoms with van der Waals surface area (Å²) >= 11 is 5.07. The summed E-state index contributed by atoms with van der Waals surface area (Å²) in [7, 11) is 0. The Labute approximate surface area is 147 Å². The molecular formula is C17H17BrN2O2S. The third kappa shape index (κ3) is 4.00. The standard InChI is InChI=1S/C17H17BrN2O2S/c18-13-3-5-14(6-4-13)20-11-12(10-16(20)21)17(22)19-8-7-15-2-1-9-23-15/h1-6,9,12H,7-8,10-11H2,(H,19,22). The van der Waals surface area contributed by atoms with Crippen molar-refractivity contribution in [3.63, 3.8) is 0 Å². The number of carbonyl (C=O) groups excluding carboxylic acids is 2. The molecule has 1 N–H and O–H groups in total. The second kappa shape index (κ2) is 7.27. The third-order valence-corrected chi connectivity index (χ3v) is 5.35. The second-order valence-corrected chi connectivity index (χ2v) is 7.45. The van der Waals surface area contributed by atoms with E-state index in [1.165, 1.54) is 4.88 Å². The van der Waals surface area contributed by atoms with Crippen LogP contribution >= 0.6 is 27.3 Å². The maximum Gasteiger partial charge on any atom is 0.227 e. The SMILES string of the molecule is O=C(NCCc1cccs1)C1CC(=O)N(c2ccc(Br)cc2)C1. The lowest BCUT2D eigenvalue weighted by Gasteiger charge is -2.16. The quantitative estimate of drug-likeness (QED) is 0.848. The van der Waals surface area contributed by atoms with Crippen molar-refractivity contribution in [2.75, 3.05) is 18.0 Å². The van der Waals surface area contributed by atoms with Crippen LogP contribution in [0.3, 0.4) is 0 Å². The van der Waals surface area contributed by atoms with Gasteiger partial charge in [-0.25, -0.2) is 0 Å². The molecule has 4 nitrogen and oxygen atoms in total. The molecule has 2 heterocycles. The summed E-state index contributed by atoms with van der Waals surface area (Å²) in [5, 5.41) is 4.98. The Morgan fingerprint density at radius 3 is 2.78 bits per heavy atom. The fourth-order valence-corrected chi connectivity index (χ4v) is 3.64. The first-order valence-corrected chi connectivity index (χ1v) is 9.17. The Morgan fingerprint density at radius 1 is 1.30 bits per heavy atom. The molecule has 1 aliphatic heterocycles. The van der Waals surface area contributed by atoms with Crippen LogP contribution in [0.4, 0.5) is 5.69 Å². The van der Waals surface area contributed by atoms with Crippen LogP contribution in [0.15, 0.2) is 46.3 Å². The average Bonchev–Trinajstić information content (AvgIpc) is 3.18.